The Balaban J connectivity index is 1.55. The minimum absolute atomic E-state index is 0.0605. The second-order valence-corrected chi connectivity index (χ2v) is 8.80. The van der Waals surface area contributed by atoms with Crippen molar-refractivity contribution in [1.82, 2.24) is 9.47 Å². The molecule has 32 heavy (non-hydrogen) atoms. The minimum atomic E-state index is -0.388. The molecular formula is C23H17BrN2O5S. The molecular weight excluding hydrogens is 496 g/mol. The molecule has 2 heterocycles. The zero-order valence-electron chi connectivity index (χ0n) is 16.8. The van der Waals surface area contributed by atoms with Gasteiger partial charge in [-0.2, -0.15) is 0 Å². The summed E-state index contributed by atoms with van der Waals surface area (Å²) < 4.78 is 7.80. The topological polar surface area (TPSA) is 88.8 Å². The molecule has 1 saturated heterocycles. The van der Waals surface area contributed by atoms with Gasteiger partial charge in [0.25, 0.3) is 16.7 Å². The van der Waals surface area contributed by atoms with Gasteiger partial charge in [-0.05, 0) is 59.3 Å². The number of carbonyl (C=O) groups excluding carboxylic acids is 2. The summed E-state index contributed by atoms with van der Waals surface area (Å²) in [5.74, 6) is -0.306. The number of carbonyl (C=O) groups is 2. The molecule has 0 unspecified atom stereocenters. The Labute approximate surface area is 196 Å². The number of phenols is 1. The van der Waals surface area contributed by atoms with Gasteiger partial charge in [-0.15, -0.1) is 0 Å². The average Bonchev–Trinajstić information content (AvgIpc) is 3.02. The van der Waals surface area contributed by atoms with Gasteiger partial charge in [0.1, 0.15) is 6.61 Å². The number of ether oxygens (including phenoxy) is 1. The lowest BCUT2D eigenvalue weighted by molar-refractivity contribution is -0.121. The first-order valence-electron chi connectivity index (χ1n) is 9.47. The monoisotopic (exact) mass is 512 g/mol. The number of amides is 2. The molecule has 2 amide bonds. The molecule has 2 aromatic carbocycles. The quantitative estimate of drug-likeness (QED) is 0.504. The smallest absolute Gasteiger partial charge is 0.293 e. The van der Waals surface area contributed by atoms with Crippen LogP contribution in [0.2, 0.25) is 0 Å². The highest BCUT2D eigenvalue weighted by molar-refractivity contribution is 9.10. The van der Waals surface area contributed by atoms with Crippen LogP contribution in [0.4, 0.5) is 4.79 Å². The predicted molar refractivity (Wildman–Crippen MR) is 126 cm³/mol. The maximum absolute atomic E-state index is 12.5. The molecule has 0 radical (unpaired) electrons. The SMILES string of the molecule is CN1C(=O)S/C(=C\c2cc(OCc3ccn(-c4ccccc4)c(=O)c3)c(O)cc2Br)C1=O. The second-order valence-electron chi connectivity index (χ2n) is 6.95. The number of rotatable bonds is 5. The Morgan fingerprint density at radius 2 is 1.84 bits per heavy atom. The number of halogens is 1. The number of benzene rings is 2. The Morgan fingerprint density at radius 3 is 2.50 bits per heavy atom. The van der Waals surface area contributed by atoms with E-state index in [1.165, 1.54) is 23.7 Å². The van der Waals surface area contributed by atoms with Gasteiger partial charge in [0, 0.05) is 29.5 Å². The van der Waals surface area contributed by atoms with E-state index >= 15 is 0 Å². The van der Waals surface area contributed by atoms with Gasteiger partial charge in [-0.3, -0.25) is 23.9 Å². The number of thioether (sulfide) groups is 1. The van der Waals surface area contributed by atoms with Gasteiger partial charge in [0.05, 0.1) is 4.91 Å². The molecule has 0 atom stereocenters. The molecule has 0 bridgehead atoms. The van der Waals surface area contributed by atoms with E-state index in [1.54, 1.807) is 24.4 Å². The fraction of sp³-hybridized carbons (Fsp3) is 0.0870. The van der Waals surface area contributed by atoms with Gasteiger partial charge in [0.2, 0.25) is 0 Å². The van der Waals surface area contributed by atoms with Crippen molar-refractivity contribution < 1.29 is 19.4 Å². The number of para-hydroxylation sites is 1. The molecule has 1 aromatic heterocycles. The third-order valence-electron chi connectivity index (χ3n) is 4.76. The van der Waals surface area contributed by atoms with Crippen LogP contribution < -0.4 is 10.3 Å². The highest BCUT2D eigenvalue weighted by atomic mass is 79.9. The standard InChI is InChI=1S/C23H17BrN2O5S/c1-25-22(29)20(32-23(25)30)11-15-10-19(18(27)12-17(15)24)31-13-14-7-8-26(21(28)9-14)16-5-3-2-4-6-16/h2-12,27H,13H2,1H3/b20-11-. The summed E-state index contributed by atoms with van der Waals surface area (Å²) in [5.41, 5.74) is 1.76. The van der Waals surface area contributed by atoms with Gasteiger partial charge in [-0.25, -0.2) is 0 Å². The molecule has 0 aliphatic carbocycles. The average molecular weight is 513 g/mol. The van der Waals surface area contributed by atoms with Crippen molar-refractivity contribution in [3.05, 3.63) is 91.7 Å². The lowest BCUT2D eigenvalue weighted by Crippen LogP contribution is -2.22. The maximum Gasteiger partial charge on any atom is 0.293 e. The van der Waals surface area contributed by atoms with Crippen molar-refractivity contribution in [2.75, 3.05) is 7.05 Å². The lowest BCUT2D eigenvalue weighted by Gasteiger charge is -2.11. The molecule has 162 valence electrons. The number of phenolic OH excluding ortho intramolecular Hbond substituents is 1. The molecule has 0 spiro atoms. The van der Waals surface area contributed by atoms with Gasteiger partial charge in [-0.1, -0.05) is 34.1 Å². The fourth-order valence-electron chi connectivity index (χ4n) is 3.04. The van der Waals surface area contributed by atoms with E-state index in [4.69, 9.17) is 4.74 Å². The van der Waals surface area contributed by atoms with E-state index in [0.29, 0.717) is 15.6 Å². The Hall–Kier alpha value is -3.30. The third-order valence-corrected chi connectivity index (χ3v) is 6.41. The van der Waals surface area contributed by atoms with E-state index in [2.05, 4.69) is 15.9 Å². The molecule has 3 aromatic rings. The Kier molecular flexibility index (Phi) is 6.20. The van der Waals surface area contributed by atoms with Crippen LogP contribution in [0.25, 0.3) is 11.8 Å². The molecule has 0 saturated carbocycles. The molecule has 9 heteroatoms. The third kappa shape index (κ3) is 4.49. The summed E-state index contributed by atoms with van der Waals surface area (Å²) >= 11 is 4.20. The zero-order chi connectivity index (χ0) is 22.8. The number of aromatic nitrogens is 1. The molecule has 1 N–H and O–H groups in total. The van der Waals surface area contributed by atoms with Crippen LogP contribution in [0.1, 0.15) is 11.1 Å². The number of nitrogens with zero attached hydrogens (tertiary/aromatic N) is 2. The van der Waals surface area contributed by atoms with Crippen molar-refractivity contribution in [3.63, 3.8) is 0 Å². The van der Waals surface area contributed by atoms with E-state index in [-0.39, 0.29) is 39.7 Å². The summed E-state index contributed by atoms with van der Waals surface area (Å²) in [6.07, 6.45) is 3.23. The maximum atomic E-state index is 12.5. The van der Waals surface area contributed by atoms with Crippen molar-refractivity contribution in [1.29, 1.82) is 0 Å². The summed E-state index contributed by atoms with van der Waals surface area (Å²) in [5, 5.41) is 9.91. The number of aromatic hydroxyl groups is 1. The Bertz CT molecular complexity index is 1300. The molecule has 4 rings (SSSR count). The summed E-state index contributed by atoms with van der Waals surface area (Å²) in [6, 6.07) is 15.5. The van der Waals surface area contributed by atoms with E-state index in [1.807, 2.05) is 30.3 Å². The van der Waals surface area contributed by atoms with Crippen LogP contribution in [-0.4, -0.2) is 32.8 Å². The second kappa shape index (κ2) is 9.05. The van der Waals surface area contributed by atoms with Gasteiger partial charge >= 0.3 is 0 Å². The highest BCUT2D eigenvalue weighted by Gasteiger charge is 2.32. The van der Waals surface area contributed by atoms with Gasteiger partial charge in [0.15, 0.2) is 11.5 Å². The molecule has 1 fully saturated rings. The zero-order valence-corrected chi connectivity index (χ0v) is 19.2. The minimum Gasteiger partial charge on any atom is -0.504 e. The number of likely N-dealkylation sites (N-methyl/N-ethyl adjacent to an activating group) is 1. The van der Waals surface area contributed by atoms with Gasteiger partial charge < -0.3 is 9.84 Å². The molecule has 1 aliphatic rings. The number of hydrogen-bond acceptors (Lipinski definition) is 6. The summed E-state index contributed by atoms with van der Waals surface area (Å²) in [6.45, 7) is 0.0605. The van der Waals surface area contributed by atoms with Crippen LogP contribution >= 0.6 is 27.7 Å². The normalized spacial score (nSPS) is 14.9. The highest BCUT2D eigenvalue weighted by Crippen LogP contribution is 2.37. The van der Waals surface area contributed by atoms with E-state index in [9.17, 15) is 19.5 Å². The van der Waals surface area contributed by atoms with E-state index < -0.39 is 0 Å². The number of imide groups is 1. The first-order valence-corrected chi connectivity index (χ1v) is 11.1. The largest absolute Gasteiger partial charge is 0.504 e. The lowest BCUT2D eigenvalue weighted by atomic mass is 10.2. The number of pyridine rings is 1. The van der Waals surface area contributed by atoms with Crippen LogP contribution in [0, 0.1) is 0 Å². The molecule has 1 aliphatic heterocycles. The van der Waals surface area contributed by atoms with Crippen molar-refractivity contribution in [2.24, 2.45) is 0 Å². The van der Waals surface area contributed by atoms with Crippen molar-refractivity contribution in [3.8, 4) is 17.2 Å². The van der Waals surface area contributed by atoms with E-state index in [0.717, 1.165) is 22.3 Å². The van der Waals surface area contributed by atoms with Crippen LogP contribution in [-0.2, 0) is 11.4 Å². The van der Waals surface area contributed by atoms with Crippen LogP contribution in [0.5, 0.6) is 11.5 Å². The van der Waals surface area contributed by atoms with Crippen LogP contribution in [0.3, 0.4) is 0 Å². The first-order chi connectivity index (χ1) is 15.3. The first kappa shape index (κ1) is 21.9. The summed E-state index contributed by atoms with van der Waals surface area (Å²) in [7, 11) is 1.42. The fourth-order valence-corrected chi connectivity index (χ4v) is 4.31. The predicted octanol–water partition coefficient (Wildman–Crippen LogP) is 4.55. The van der Waals surface area contributed by atoms with Crippen molar-refractivity contribution >= 4 is 44.9 Å². The molecule has 7 nitrogen and oxygen atoms in total. The Morgan fingerprint density at radius 1 is 1.09 bits per heavy atom. The summed E-state index contributed by atoms with van der Waals surface area (Å²) in [4.78, 5) is 37.7. The number of hydrogen-bond donors (Lipinski definition) is 1. The van der Waals surface area contributed by atoms with Crippen LogP contribution in [0.15, 0.2) is 75.0 Å². The van der Waals surface area contributed by atoms with Crippen molar-refractivity contribution in [2.45, 2.75) is 6.61 Å².